The van der Waals surface area contributed by atoms with Gasteiger partial charge in [-0.25, -0.2) is 9.40 Å². The maximum Gasteiger partial charge on any atom is 0.257 e. The van der Waals surface area contributed by atoms with E-state index in [9.17, 15) is 9.18 Å². The molecular formula is C22H24FN3O2. The Morgan fingerprint density at radius 3 is 2.71 bits per heavy atom. The molecule has 1 saturated heterocycles. The first-order valence-corrected chi connectivity index (χ1v) is 9.63. The van der Waals surface area contributed by atoms with E-state index < -0.39 is 0 Å². The summed E-state index contributed by atoms with van der Waals surface area (Å²) in [6.07, 6.45) is 0.573. The van der Waals surface area contributed by atoms with Gasteiger partial charge in [0, 0.05) is 25.1 Å². The van der Waals surface area contributed by atoms with E-state index in [-0.39, 0.29) is 17.8 Å². The van der Waals surface area contributed by atoms with Crippen LogP contribution in [0.25, 0.3) is 0 Å². The van der Waals surface area contributed by atoms with E-state index in [1.807, 2.05) is 37.3 Å². The van der Waals surface area contributed by atoms with Crippen LogP contribution in [0.4, 0.5) is 4.39 Å². The third-order valence-corrected chi connectivity index (χ3v) is 5.33. The largest absolute Gasteiger partial charge is 0.379 e. The van der Waals surface area contributed by atoms with Crippen LogP contribution in [-0.4, -0.2) is 54.4 Å². The van der Waals surface area contributed by atoms with Crippen LogP contribution in [0.1, 0.15) is 29.2 Å². The van der Waals surface area contributed by atoms with Gasteiger partial charge in [-0.05, 0) is 30.2 Å². The van der Waals surface area contributed by atoms with Crippen LogP contribution >= 0.6 is 0 Å². The van der Waals surface area contributed by atoms with Crippen molar-refractivity contribution < 1.29 is 13.9 Å². The minimum absolute atomic E-state index is 0.0402. The van der Waals surface area contributed by atoms with Gasteiger partial charge in [-0.1, -0.05) is 36.4 Å². The Kier molecular flexibility index (Phi) is 5.50. The minimum atomic E-state index is -0.300. The van der Waals surface area contributed by atoms with Crippen LogP contribution < -0.4 is 0 Å². The lowest BCUT2D eigenvalue weighted by molar-refractivity contribution is -0.135. The molecule has 2 aromatic carbocycles. The molecule has 0 saturated carbocycles. The van der Waals surface area contributed by atoms with Crippen LogP contribution in [0.5, 0.6) is 0 Å². The molecule has 0 radical (unpaired) electrons. The standard InChI is InChI=1S/C22H24FN3O2/c1-16-5-2-3-8-19(16)21-14-20(17-6-4-7-18(23)13-17)24-26(21)22(27)15-25-9-11-28-12-10-25/h2-8,13,21H,9-12,14-15H2,1H3/t21-/m1/s1. The van der Waals surface area contributed by atoms with Gasteiger partial charge in [-0.2, -0.15) is 5.10 Å². The molecule has 28 heavy (non-hydrogen) atoms. The van der Waals surface area contributed by atoms with E-state index in [1.165, 1.54) is 12.1 Å². The fourth-order valence-corrected chi connectivity index (χ4v) is 3.81. The van der Waals surface area contributed by atoms with Crippen molar-refractivity contribution in [1.82, 2.24) is 9.91 Å². The summed E-state index contributed by atoms with van der Waals surface area (Å²) in [6, 6.07) is 14.3. The summed E-state index contributed by atoms with van der Waals surface area (Å²) < 4.78 is 19.1. The zero-order valence-electron chi connectivity index (χ0n) is 16.0. The Bertz CT molecular complexity index is 893. The molecule has 2 aromatic rings. The van der Waals surface area contributed by atoms with Gasteiger partial charge in [0.2, 0.25) is 0 Å². The number of ether oxygens (including phenoxy) is 1. The molecule has 1 amide bonds. The molecule has 2 heterocycles. The molecule has 146 valence electrons. The topological polar surface area (TPSA) is 45.1 Å². The van der Waals surface area contributed by atoms with Gasteiger partial charge in [-0.3, -0.25) is 9.69 Å². The number of morpholine rings is 1. The summed E-state index contributed by atoms with van der Waals surface area (Å²) in [6.45, 7) is 5.13. The summed E-state index contributed by atoms with van der Waals surface area (Å²) in [4.78, 5) is 15.2. The second kappa shape index (κ2) is 8.20. The van der Waals surface area contributed by atoms with E-state index in [2.05, 4.69) is 10.0 Å². The van der Waals surface area contributed by atoms with E-state index in [0.29, 0.717) is 26.2 Å². The lowest BCUT2D eigenvalue weighted by Gasteiger charge is -2.29. The van der Waals surface area contributed by atoms with Crippen molar-refractivity contribution in [2.24, 2.45) is 5.10 Å². The lowest BCUT2D eigenvalue weighted by Crippen LogP contribution is -2.43. The van der Waals surface area contributed by atoms with Crippen LogP contribution in [-0.2, 0) is 9.53 Å². The average Bonchev–Trinajstić information content (AvgIpc) is 3.14. The van der Waals surface area contributed by atoms with E-state index in [4.69, 9.17) is 4.74 Å². The molecule has 0 bridgehead atoms. The van der Waals surface area contributed by atoms with Crippen LogP contribution in [0.2, 0.25) is 0 Å². The number of amides is 1. The van der Waals surface area contributed by atoms with Gasteiger partial charge in [0.15, 0.2) is 0 Å². The van der Waals surface area contributed by atoms with Crippen molar-refractivity contribution in [3.8, 4) is 0 Å². The van der Waals surface area contributed by atoms with Gasteiger partial charge in [0.25, 0.3) is 5.91 Å². The van der Waals surface area contributed by atoms with E-state index in [0.717, 1.165) is 35.5 Å². The summed E-state index contributed by atoms with van der Waals surface area (Å²) in [5.41, 5.74) is 3.66. The summed E-state index contributed by atoms with van der Waals surface area (Å²) in [5, 5.41) is 6.23. The first-order valence-electron chi connectivity index (χ1n) is 9.63. The van der Waals surface area contributed by atoms with Gasteiger partial charge in [0.1, 0.15) is 5.82 Å². The summed E-state index contributed by atoms with van der Waals surface area (Å²) in [7, 11) is 0. The molecule has 0 aliphatic carbocycles. The highest BCUT2D eigenvalue weighted by Crippen LogP contribution is 2.34. The van der Waals surface area contributed by atoms with Crippen molar-refractivity contribution in [2.75, 3.05) is 32.8 Å². The highest BCUT2D eigenvalue weighted by atomic mass is 19.1. The number of carbonyl (C=O) groups excluding carboxylic acids is 1. The Hall–Kier alpha value is -2.57. The van der Waals surface area contributed by atoms with Crippen LogP contribution in [0.3, 0.4) is 0 Å². The summed E-state index contributed by atoms with van der Waals surface area (Å²) >= 11 is 0. The maximum atomic E-state index is 13.7. The second-order valence-electron chi connectivity index (χ2n) is 7.26. The first-order chi connectivity index (χ1) is 13.6. The molecule has 1 atom stereocenters. The zero-order chi connectivity index (χ0) is 19.5. The molecule has 0 unspecified atom stereocenters. The van der Waals surface area contributed by atoms with Gasteiger partial charge < -0.3 is 4.74 Å². The number of carbonyl (C=O) groups is 1. The predicted molar refractivity (Wildman–Crippen MR) is 106 cm³/mol. The molecular weight excluding hydrogens is 357 g/mol. The highest BCUT2D eigenvalue weighted by molar-refractivity contribution is 6.03. The van der Waals surface area contributed by atoms with Crippen molar-refractivity contribution in [2.45, 2.75) is 19.4 Å². The minimum Gasteiger partial charge on any atom is -0.379 e. The maximum absolute atomic E-state index is 13.7. The Morgan fingerprint density at radius 1 is 1.18 bits per heavy atom. The van der Waals surface area contributed by atoms with Gasteiger partial charge in [0.05, 0.1) is 31.5 Å². The number of nitrogens with zero attached hydrogens (tertiary/aromatic N) is 3. The molecule has 0 aromatic heterocycles. The fourth-order valence-electron chi connectivity index (χ4n) is 3.81. The molecule has 2 aliphatic heterocycles. The number of aryl methyl sites for hydroxylation is 1. The van der Waals surface area contributed by atoms with Gasteiger partial charge in [-0.15, -0.1) is 0 Å². The Morgan fingerprint density at radius 2 is 1.96 bits per heavy atom. The zero-order valence-corrected chi connectivity index (χ0v) is 16.0. The molecule has 0 spiro atoms. The molecule has 0 N–H and O–H groups in total. The number of hydrazone groups is 1. The van der Waals surface area contributed by atoms with Gasteiger partial charge >= 0.3 is 0 Å². The molecule has 2 aliphatic rings. The van der Waals surface area contributed by atoms with Crippen molar-refractivity contribution in [3.63, 3.8) is 0 Å². The SMILES string of the molecule is Cc1ccccc1[C@H]1CC(c2cccc(F)c2)=NN1C(=O)CN1CCOCC1. The second-order valence-corrected chi connectivity index (χ2v) is 7.26. The monoisotopic (exact) mass is 381 g/mol. The Labute approximate surface area is 164 Å². The number of benzene rings is 2. The summed E-state index contributed by atoms with van der Waals surface area (Å²) in [5.74, 6) is -0.340. The smallest absolute Gasteiger partial charge is 0.257 e. The third-order valence-electron chi connectivity index (χ3n) is 5.33. The highest BCUT2D eigenvalue weighted by Gasteiger charge is 2.34. The van der Waals surface area contributed by atoms with Crippen LogP contribution in [0, 0.1) is 12.7 Å². The molecule has 6 heteroatoms. The molecule has 5 nitrogen and oxygen atoms in total. The molecule has 1 fully saturated rings. The normalized spacial score (nSPS) is 20.3. The predicted octanol–water partition coefficient (Wildman–Crippen LogP) is 3.14. The third kappa shape index (κ3) is 3.98. The van der Waals surface area contributed by atoms with Crippen molar-refractivity contribution in [3.05, 3.63) is 71.0 Å². The fraction of sp³-hybridized carbons (Fsp3) is 0.364. The number of hydrogen-bond donors (Lipinski definition) is 0. The Balaban J connectivity index is 1.63. The van der Waals surface area contributed by atoms with Crippen LogP contribution in [0.15, 0.2) is 53.6 Å². The van der Waals surface area contributed by atoms with E-state index in [1.54, 1.807) is 11.1 Å². The first kappa shape index (κ1) is 18.8. The number of hydrogen-bond acceptors (Lipinski definition) is 4. The molecule has 4 rings (SSSR count). The van der Waals surface area contributed by atoms with Crippen molar-refractivity contribution >= 4 is 11.6 Å². The van der Waals surface area contributed by atoms with Crippen molar-refractivity contribution in [1.29, 1.82) is 0 Å². The lowest BCUT2D eigenvalue weighted by atomic mass is 9.95. The average molecular weight is 381 g/mol. The number of halogens is 1. The number of rotatable bonds is 4. The van der Waals surface area contributed by atoms with E-state index >= 15 is 0 Å². The quantitative estimate of drug-likeness (QED) is 0.817.